The first-order chi connectivity index (χ1) is 16.3. The van der Waals surface area contributed by atoms with E-state index >= 15 is 0 Å². The van der Waals surface area contributed by atoms with E-state index < -0.39 is 17.6 Å². The number of hydrogen-bond donors (Lipinski definition) is 3. The SMILES string of the molecule is O=C(NCCNc1cc(-c2cn[nH]c2-c2ccc(F)cc2)cc(C(F)(F)F)c1)c1ccccc1. The molecular formula is C25H20F4N4O. The zero-order valence-corrected chi connectivity index (χ0v) is 17.8. The second-order valence-corrected chi connectivity index (χ2v) is 7.51. The molecule has 9 heteroatoms. The summed E-state index contributed by atoms with van der Waals surface area (Å²) >= 11 is 0. The number of hydrogen-bond acceptors (Lipinski definition) is 3. The van der Waals surface area contributed by atoms with Crippen molar-refractivity contribution in [2.24, 2.45) is 0 Å². The van der Waals surface area contributed by atoms with Crippen LogP contribution in [0.2, 0.25) is 0 Å². The summed E-state index contributed by atoms with van der Waals surface area (Å²) in [5, 5.41) is 12.4. The second kappa shape index (κ2) is 9.78. The molecule has 0 aliphatic carbocycles. The normalized spacial score (nSPS) is 11.3. The van der Waals surface area contributed by atoms with E-state index in [1.807, 2.05) is 0 Å². The average molecular weight is 468 g/mol. The monoisotopic (exact) mass is 468 g/mol. The molecule has 1 aromatic heterocycles. The standard InChI is InChI=1S/C25H20F4N4O/c26-20-8-6-16(7-9-20)23-22(15-32-33-23)18-12-19(25(27,28)29)14-21(13-18)30-10-11-31-24(34)17-4-2-1-3-5-17/h1-9,12-15,30H,10-11H2,(H,31,34)(H,32,33). The first-order valence-corrected chi connectivity index (χ1v) is 10.4. The summed E-state index contributed by atoms with van der Waals surface area (Å²) in [5.74, 6) is -0.691. The smallest absolute Gasteiger partial charge is 0.383 e. The maximum Gasteiger partial charge on any atom is 0.416 e. The average Bonchev–Trinajstić information content (AvgIpc) is 3.32. The number of rotatable bonds is 7. The van der Waals surface area contributed by atoms with Gasteiger partial charge in [0, 0.05) is 35.5 Å². The molecule has 1 amide bonds. The number of aromatic nitrogens is 2. The summed E-state index contributed by atoms with van der Waals surface area (Å²) in [4.78, 5) is 12.1. The molecule has 0 saturated heterocycles. The molecule has 0 aliphatic heterocycles. The lowest BCUT2D eigenvalue weighted by molar-refractivity contribution is -0.137. The largest absolute Gasteiger partial charge is 0.416 e. The van der Waals surface area contributed by atoms with Crippen LogP contribution in [0.25, 0.3) is 22.4 Å². The van der Waals surface area contributed by atoms with E-state index in [1.165, 1.54) is 30.5 Å². The molecule has 5 nitrogen and oxygen atoms in total. The van der Waals surface area contributed by atoms with Crippen LogP contribution in [0, 0.1) is 5.82 Å². The van der Waals surface area contributed by atoms with Crippen molar-refractivity contribution in [3.05, 3.63) is 95.9 Å². The van der Waals surface area contributed by atoms with Gasteiger partial charge in [0.15, 0.2) is 0 Å². The van der Waals surface area contributed by atoms with Gasteiger partial charge in [0.1, 0.15) is 5.82 Å². The molecule has 0 saturated carbocycles. The van der Waals surface area contributed by atoms with Crippen molar-refractivity contribution in [2.75, 3.05) is 18.4 Å². The lowest BCUT2D eigenvalue weighted by atomic mass is 9.99. The maximum absolute atomic E-state index is 13.6. The Morgan fingerprint density at radius 3 is 2.35 bits per heavy atom. The minimum Gasteiger partial charge on any atom is -0.383 e. The molecule has 34 heavy (non-hydrogen) atoms. The number of aromatic amines is 1. The van der Waals surface area contributed by atoms with Crippen LogP contribution in [-0.4, -0.2) is 29.2 Å². The Morgan fingerprint density at radius 2 is 1.65 bits per heavy atom. The Labute approximate surface area is 192 Å². The Bertz CT molecular complexity index is 1270. The first kappa shape index (κ1) is 23.0. The van der Waals surface area contributed by atoms with Crippen LogP contribution in [0.5, 0.6) is 0 Å². The number of carbonyl (C=O) groups excluding carboxylic acids is 1. The van der Waals surface area contributed by atoms with Gasteiger partial charge >= 0.3 is 6.18 Å². The fourth-order valence-electron chi connectivity index (χ4n) is 3.46. The van der Waals surface area contributed by atoms with Crippen molar-refractivity contribution in [3.63, 3.8) is 0 Å². The van der Waals surface area contributed by atoms with Gasteiger partial charge in [-0.25, -0.2) is 4.39 Å². The minimum absolute atomic E-state index is 0.214. The van der Waals surface area contributed by atoms with Gasteiger partial charge in [0.05, 0.1) is 17.5 Å². The van der Waals surface area contributed by atoms with Crippen LogP contribution in [0.1, 0.15) is 15.9 Å². The zero-order chi connectivity index (χ0) is 24.1. The Kier molecular flexibility index (Phi) is 6.62. The van der Waals surface area contributed by atoms with Gasteiger partial charge in [0.2, 0.25) is 0 Å². The number of carbonyl (C=O) groups is 1. The number of nitrogens with one attached hydrogen (secondary N) is 3. The van der Waals surface area contributed by atoms with Crippen molar-refractivity contribution in [1.29, 1.82) is 0 Å². The number of H-pyrrole nitrogens is 1. The molecular weight excluding hydrogens is 448 g/mol. The number of alkyl halides is 3. The maximum atomic E-state index is 13.6. The Hall–Kier alpha value is -4.14. The van der Waals surface area contributed by atoms with E-state index in [4.69, 9.17) is 0 Å². The highest BCUT2D eigenvalue weighted by atomic mass is 19.4. The van der Waals surface area contributed by atoms with E-state index in [1.54, 1.807) is 36.4 Å². The topological polar surface area (TPSA) is 69.8 Å². The zero-order valence-electron chi connectivity index (χ0n) is 17.8. The summed E-state index contributed by atoms with van der Waals surface area (Å²) in [6.07, 6.45) is -3.13. The third-order valence-corrected chi connectivity index (χ3v) is 5.12. The Balaban J connectivity index is 1.54. The summed E-state index contributed by atoms with van der Waals surface area (Å²) in [5.41, 5.74) is 1.70. The highest BCUT2D eigenvalue weighted by Crippen LogP contribution is 2.37. The molecule has 4 aromatic rings. The predicted molar refractivity (Wildman–Crippen MR) is 122 cm³/mol. The third kappa shape index (κ3) is 5.43. The summed E-state index contributed by atoms with van der Waals surface area (Å²) in [6.45, 7) is 0.432. The molecule has 0 bridgehead atoms. The van der Waals surface area contributed by atoms with Gasteiger partial charge in [0.25, 0.3) is 5.91 Å². The second-order valence-electron chi connectivity index (χ2n) is 7.51. The quantitative estimate of drug-likeness (QED) is 0.239. The van der Waals surface area contributed by atoms with Crippen molar-refractivity contribution < 1.29 is 22.4 Å². The molecule has 174 valence electrons. The summed E-state index contributed by atoms with van der Waals surface area (Å²) in [6, 6.07) is 17.8. The van der Waals surface area contributed by atoms with Gasteiger partial charge in [-0.15, -0.1) is 0 Å². The fraction of sp³-hybridized carbons (Fsp3) is 0.120. The van der Waals surface area contributed by atoms with Crippen LogP contribution in [0.15, 0.2) is 79.0 Å². The minimum atomic E-state index is -4.56. The predicted octanol–water partition coefficient (Wildman–Crippen LogP) is 5.74. The van der Waals surface area contributed by atoms with Crippen molar-refractivity contribution >= 4 is 11.6 Å². The molecule has 0 unspecified atom stereocenters. The molecule has 4 rings (SSSR count). The number of nitrogens with zero attached hydrogens (tertiary/aromatic N) is 1. The Morgan fingerprint density at radius 1 is 0.912 bits per heavy atom. The van der Waals surface area contributed by atoms with E-state index in [0.29, 0.717) is 27.9 Å². The number of halogens is 4. The van der Waals surface area contributed by atoms with Crippen LogP contribution in [-0.2, 0) is 6.18 Å². The van der Waals surface area contributed by atoms with E-state index in [0.717, 1.165) is 12.1 Å². The van der Waals surface area contributed by atoms with Crippen LogP contribution >= 0.6 is 0 Å². The van der Waals surface area contributed by atoms with Crippen LogP contribution < -0.4 is 10.6 Å². The molecule has 0 aliphatic rings. The third-order valence-electron chi connectivity index (χ3n) is 5.12. The fourth-order valence-corrected chi connectivity index (χ4v) is 3.46. The molecule has 0 spiro atoms. The van der Waals surface area contributed by atoms with Crippen molar-refractivity contribution in [3.8, 4) is 22.4 Å². The van der Waals surface area contributed by atoms with Crippen molar-refractivity contribution in [2.45, 2.75) is 6.18 Å². The van der Waals surface area contributed by atoms with Crippen LogP contribution in [0.3, 0.4) is 0 Å². The van der Waals surface area contributed by atoms with Gasteiger partial charge in [-0.05, 0) is 60.2 Å². The molecule has 1 heterocycles. The highest BCUT2D eigenvalue weighted by molar-refractivity contribution is 5.94. The summed E-state index contributed by atoms with van der Waals surface area (Å²) in [7, 11) is 0. The van der Waals surface area contributed by atoms with Gasteiger partial charge < -0.3 is 10.6 Å². The first-order valence-electron chi connectivity index (χ1n) is 10.4. The van der Waals surface area contributed by atoms with E-state index in [9.17, 15) is 22.4 Å². The van der Waals surface area contributed by atoms with Crippen LogP contribution in [0.4, 0.5) is 23.2 Å². The molecule has 0 atom stereocenters. The van der Waals surface area contributed by atoms with Gasteiger partial charge in [-0.1, -0.05) is 18.2 Å². The number of amides is 1. The molecule has 0 radical (unpaired) electrons. The molecule has 0 fully saturated rings. The lowest BCUT2D eigenvalue weighted by Gasteiger charge is -2.14. The van der Waals surface area contributed by atoms with Gasteiger partial charge in [-0.2, -0.15) is 18.3 Å². The number of anilines is 1. The van der Waals surface area contributed by atoms with E-state index in [2.05, 4.69) is 20.8 Å². The van der Waals surface area contributed by atoms with Gasteiger partial charge in [-0.3, -0.25) is 9.89 Å². The lowest BCUT2D eigenvalue weighted by Crippen LogP contribution is -2.28. The molecule has 3 N–H and O–H groups in total. The van der Waals surface area contributed by atoms with E-state index in [-0.39, 0.29) is 24.7 Å². The summed E-state index contributed by atoms with van der Waals surface area (Å²) < 4.78 is 54.1. The highest BCUT2D eigenvalue weighted by Gasteiger charge is 2.31. The molecule has 3 aromatic carbocycles. The van der Waals surface area contributed by atoms with Crippen molar-refractivity contribution in [1.82, 2.24) is 15.5 Å². The number of benzene rings is 3.